The van der Waals surface area contributed by atoms with Gasteiger partial charge in [0.15, 0.2) is 0 Å². The van der Waals surface area contributed by atoms with Crippen LogP contribution in [0.25, 0.3) is 0 Å². The first-order valence-electron chi connectivity index (χ1n) is 10.0. The van der Waals surface area contributed by atoms with Crippen LogP contribution in [-0.2, 0) is 10.0 Å². The lowest BCUT2D eigenvalue weighted by molar-refractivity contribution is -0.0499. The number of sulfonamides is 1. The molecule has 11 heteroatoms. The molecule has 0 radical (unpaired) electrons. The van der Waals surface area contributed by atoms with Gasteiger partial charge < -0.3 is 9.47 Å². The van der Waals surface area contributed by atoms with Gasteiger partial charge in [-0.05, 0) is 55.5 Å². The number of ether oxygens (including phenoxy) is 2. The number of rotatable bonds is 10. The Hall–Kier alpha value is -3.99. The van der Waals surface area contributed by atoms with Crippen LogP contribution in [0.4, 0.5) is 14.5 Å². The molecule has 0 aliphatic heterocycles. The molecule has 0 bridgehead atoms. The first-order chi connectivity index (χ1) is 16.3. The summed E-state index contributed by atoms with van der Waals surface area (Å²) in [4.78, 5) is 12.6. The van der Waals surface area contributed by atoms with Gasteiger partial charge >= 0.3 is 6.61 Å². The zero-order valence-electron chi connectivity index (χ0n) is 17.9. The van der Waals surface area contributed by atoms with E-state index < -0.39 is 22.5 Å². The summed E-state index contributed by atoms with van der Waals surface area (Å²) in [6, 6.07) is 17.7. The highest BCUT2D eigenvalue weighted by molar-refractivity contribution is 7.92. The highest BCUT2D eigenvalue weighted by atomic mass is 32.2. The van der Waals surface area contributed by atoms with Crippen molar-refractivity contribution in [1.29, 1.82) is 0 Å². The average molecular weight is 490 g/mol. The van der Waals surface area contributed by atoms with Gasteiger partial charge in [0.2, 0.25) is 0 Å². The number of alkyl halides is 2. The molecule has 1 amide bonds. The van der Waals surface area contributed by atoms with Crippen molar-refractivity contribution in [2.24, 2.45) is 5.10 Å². The normalized spacial score (nSPS) is 11.4. The summed E-state index contributed by atoms with van der Waals surface area (Å²) < 4.78 is 62.7. The number of nitrogens with one attached hydrogen (secondary N) is 2. The number of carbonyl (C=O) groups excluding carboxylic acids is 1. The first-order valence-corrected chi connectivity index (χ1v) is 11.5. The molecule has 0 aromatic heterocycles. The molecule has 0 spiro atoms. The Morgan fingerprint density at radius 3 is 2.41 bits per heavy atom. The van der Waals surface area contributed by atoms with E-state index in [-0.39, 0.29) is 27.5 Å². The zero-order chi connectivity index (χ0) is 24.6. The number of hydrogen-bond donors (Lipinski definition) is 2. The number of carbonyl (C=O) groups is 1. The van der Waals surface area contributed by atoms with Gasteiger partial charge in [-0.25, -0.2) is 13.8 Å². The molecule has 0 aliphatic rings. The second-order valence-electron chi connectivity index (χ2n) is 6.67. The molecular weight excluding hydrogens is 468 g/mol. The molecule has 2 N–H and O–H groups in total. The predicted octanol–water partition coefficient (Wildman–Crippen LogP) is 4.25. The van der Waals surface area contributed by atoms with Gasteiger partial charge in [0.1, 0.15) is 11.5 Å². The maximum absolute atomic E-state index is 12.8. The van der Waals surface area contributed by atoms with E-state index in [1.807, 2.05) is 6.92 Å². The quantitative estimate of drug-likeness (QED) is 0.327. The minimum atomic E-state index is -3.99. The maximum Gasteiger partial charge on any atom is 0.387 e. The van der Waals surface area contributed by atoms with Gasteiger partial charge in [0, 0.05) is 5.56 Å². The van der Waals surface area contributed by atoms with E-state index >= 15 is 0 Å². The summed E-state index contributed by atoms with van der Waals surface area (Å²) in [5, 5.41) is 3.77. The first kappa shape index (κ1) is 24.6. The predicted molar refractivity (Wildman–Crippen MR) is 123 cm³/mol. The van der Waals surface area contributed by atoms with E-state index in [0.29, 0.717) is 12.4 Å². The van der Waals surface area contributed by atoms with Crippen LogP contribution in [0.15, 0.2) is 82.8 Å². The molecule has 0 unspecified atom stereocenters. The molecule has 0 fully saturated rings. The summed E-state index contributed by atoms with van der Waals surface area (Å²) >= 11 is 0. The largest absolute Gasteiger partial charge is 0.494 e. The Morgan fingerprint density at radius 2 is 1.71 bits per heavy atom. The lowest BCUT2D eigenvalue weighted by Crippen LogP contribution is -2.21. The summed E-state index contributed by atoms with van der Waals surface area (Å²) in [5.41, 5.74) is 2.51. The number of hydrogen-bond acceptors (Lipinski definition) is 6. The lowest BCUT2D eigenvalue weighted by Gasteiger charge is -2.12. The van der Waals surface area contributed by atoms with Crippen LogP contribution in [0.3, 0.4) is 0 Å². The van der Waals surface area contributed by atoms with Crippen molar-refractivity contribution in [1.82, 2.24) is 5.43 Å². The maximum atomic E-state index is 12.8. The van der Waals surface area contributed by atoms with E-state index in [0.717, 1.165) is 6.21 Å². The molecule has 0 saturated heterocycles. The second kappa shape index (κ2) is 11.2. The highest BCUT2D eigenvalue weighted by Crippen LogP contribution is 2.22. The van der Waals surface area contributed by atoms with Crippen molar-refractivity contribution in [3.63, 3.8) is 0 Å². The van der Waals surface area contributed by atoms with Crippen molar-refractivity contribution in [3.05, 3.63) is 83.9 Å². The smallest absolute Gasteiger partial charge is 0.387 e. The Morgan fingerprint density at radius 1 is 1.03 bits per heavy atom. The zero-order valence-corrected chi connectivity index (χ0v) is 18.8. The van der Waals surface area contributed by atoms with Crippen LogP contribution in [-0.4, -0.2) is 33.8 Å². The Balaban J connectivity index is 1.75. The highest BCUT2D eigenvalue weighted by Gasteiger charge is 2.18. The van der Waals surface area contributed by atoms with Crippen molar-refractivity contribution in [2.75, 3.05) is 11.3 Å². The molecule has 178 valence electrons. The Kier molecular flexibility index (Phi) is 8.14. The molecule has 3 aromatic carbocycles. The molecule has 8 nitrogen and oxygen atoms in total. The number of halogens is 2. The second-order valence-corrected chi connectivity index (χ2v) is 8.35. The van der Waals surface area contributed by atoms with E-state index in [1.165, 1.54) is 54.6 Å². The van der Waals surface area contributed by atoms with Crippen LogP contribution >= 0.6 is 0 Å². The third kappa shape index (κ3) is 6.51. The van der Waals surface area contributed by atoms with Crippen molar-refractivity contribution < 1.29 is 31.5 Å². The summed E-state index contributed by atoms with van der Waals surface area (Å²) in [6.07, 6.45) is 1.14. The Labute approximate surface area is 195 Å². The standard InChI is InChI=1S/C23H21F2N3O5S/c1-2-32-17-11-13-18(14-12-17)34(30,31)28-20-9-5-4-8-19(20)22(29)27-26-15-16-7-3-6-10-21(16)33-23(24)25/h3-15,23,28H,2H2,1H3,(H,27,29). The topological polar surface area (TPSA) is 106 Å². The summed E-state index contributed by atoms with van der Waals surface area (Å²) in [6.45, 7) is -0.756. The Bertz CT molecular complexity index is 1270. The van der Waals surface area contributed by atoms with Gasteiger partial charge in [0.05, 0.1) is 29.0 Å². The van der Waals surface area contributed by atoms with Gasteiger partial charge in [-0.15, -0.1) is 0 Å². The molecule has 0 aliphatic carbocycles. The molecule has 0 atom stereocenters. The third-order valence-electron chi connectivity index (χ3n) is 4.37. The molecular formula is C23H21F2N3O5S. The van der Waals surface area contributed by atoms with Crippen LogP contribution in [0.2, 0.25) is 0 Å². The monoisotopic (exact) mass is 489 g/mol. The van der Waals surface area contributed by atoms with Crippen LogP contribution < -0.4 is 19.6 Å². The van der Waals surface area contributed by atoms with Gasteiger partial charge in [-0.3, -0.25) is 9.52 Å². The van der Waals surface area contributed by atoms with E-state index in [4.69, 9.17) is 4.74 Å². The number of amides is 1. The summed E-state index contributed by atoms with van der Waals surface area (Å²) in [5.74, 6) is -0.299. The van der Waals surface area contributed by atoms with Crippen LogP contribution in [0, 0.1) is 0 Å². The third-order valence-corrected chi connectivity index (χ3v) is 5.75. The van der Waals surface area contributed by atoms with Gasteiger partial charge in [0.25, 0.3) is 15.9 Å². The molecule has 0 heterocycles. The fraction of sp³-hybridized carbons (Fsp3) is 0.130. The van der Waals surface area contributed by atoms with Crippen LogP contribution in [0.1, 0.15) is 22.8 Å². The van der Waals surface area contributed by atoms with Crippen molar-refractivity contribution >= 4 is 27.8 Å². The fourth-order valence-corrected chi connectivity index (χ4v) is 3.95. The van der Waals surface area contributed by atoms with Crippen molar-refractivity contribution in [3.8, 4) is 11.5 Å². The molecule has 3 aromatic rings. The molecule has 34 heavy (non-hydrogen) atoms. The van der Waals surface area contributed by atoms with Crippen molar-refractivity contribution in [2.45, 2.75) is 18.4 Å². The number of benzene rings is 3. The number of hydrazone groups is 1. The minimum absolute atomic E-state index is 0.00581. The van der Waals surface area contributed by atoms with E-state index in [1.54, 1.807) is 18.2 Å². The molecule has 0 saturated carbocycles. The van der Waals surface area contributed by atoms with E-state index in [9.17, 15) is 22.0 Å². The average Bonchev–Trinajstić information content (AvgIpc) is 2.80. The lowest BCUT2D eigenvalue weighted by atomic mass is 10.2. The number of para-hydroxylation sites is 2. The fourth-order valence-electron chi connectivity index (χ4n) is 2.87. The number of anilines is 1. The SMILES string of the molecule is CCOc1ccc(S(=O)(=O)Nc2ccccc2C(=O)NN=Cc2ccccc2OC(F)F)cc1. The van der Waals surface area contributed by atoms with Gasteiger partial charge in [-0.1, -0.05) is 24.3 Å². The number of nitrogens with zero attached hydrogens (tertiary/aromatic N) is 1. The summed E-state index contributed by atoms with van der Waals surface area (Å²) in [7, 11) is -3.99. The molecule has 3 rings (SSSR count). The van der Waals surface area contributed by atoms with Gasteiger partial charge in [-0.2, -0.15) is 13.9 Å². The minimum Gasteiger partial charge on any atom is -0.494 e. The van der Waals surface area contributed by atoms with E-state index in [2.05, 4.69) is 20.0 Å². The van der Waals surface area contributed by atoms with Crippen LogP contribution in [0.5, 0.6) is 11.5 Å².